The van der Waals surface area contributed by atoms with E-state index < -0.39 is 23.0 Å². The minimum atomic E-state index is -1.25. The minimum absolute atomic E-state index is 0.136. The van der Waals surface area contributed by atoms with E-state index in [9.17, 15) is 13.6 Å². The first kappa shape index (κ1) is 14.0. The summed E-state index contributed by atoms with van der Waals surface area (Å²) in [6.45, 7) is 1.63. The predicted molar refractivity (Wildman–Crippen MR) is 71.0 cm³/mol. The van der Waals surface area contributed by atoms with Crippen molar-refractivity contribution in [2.45, 2.75) is 6.92 Å². The van der Waals surface area contributed by atoms with Gasteiger partial charge in [-0.3, -0.25) is 4.79 Å². The van der Waals surface area contributed by atoms with Gasteiger partial charge in [0.2, 0.25) is 0 Å². The average molecular weight is 301 g/mol. The van der Waals surface area contributed by atoms with E-state index in [0.29, 0.717) is 10.6 Å². The Morgan fingerprint density at radius 3 is 2.42 bits per heavy atom. The molecule has 0 heterocycles. The zero-order chi connectivity index (χ0) is 14.2. The lowest BCUT2D eigenvalue weighted by Gasteiger charge is -2.09. The second-order valence-corrected chi connectivity index (χ2v) is 4.77. The summed E-state index contributed by atoms with van der Waals surface area (Å²) in [5.41, 5.74) is 0.208. The van der Waals surface area contributed by atoms with Crippen molar-refractivity contribution in [1.82, 2.24) is 0 Å². The van der Waals surface area contributed by atoms with Crippen LogP contribution in [0.5, 0.6) is 0 Å². The molecule has 19 heavy (non-hydrogen) atoms. The van der Waals surface area contributed by atoms with Crippen LogP contribution in [0, 0.1) is 18.6 Å². The van der Waals surface area contributed by atoms with E-state index in [0.717, 1.165) is 12.1 Å². The summed E-state index contributed by atoms with van der Waals surface area (Å²) in [4.78, 5) is 12.3. The second kappa shape index (κ2) is 5.27. The van der Waals surface area contributed by atoms with Gasteiger partial charge in [-0.1, -0.05) is 35.3 Å². The van der Waals surface area contributed by atoms with Crippen molar-refractivity contribution in [1.29, 1.82) is 0 Å². The highest BCUT2D eigenvalue weighted by molar-refractivity contribution is 6.35. The van der Waals surface area contributed by atoms with E-state index in [-0.39, 0.29) is 10.6 Å². The van der Waals surface area contributed by atoms with Gasteiger partial charge in [0.25, 0.3) is 0 Å². The Labute approximate surface area is 118 Å². The fraction of sp³-hybridized carbons (Fsp3) is 0.0714. The first-order chi connectivity index (χ1) is 8.93. The highest BCUT2D eigenvalue weighted by Crippen LogP contribution is 2.27. The summed E-state index contributed by atoms with van der Waals surface area (Å²) in [5.74, 6) is -3.06. The van der Waals surface area contributed by atoms with Crippen LogP contribution in [0.3, 0.4) is 0 Å². The topological polar surface area (TPSA) is 17.1 Å². The summed E-state index contributed by atoms with van der Waals surface area (Å²) < 4.78 is 26.9. The number of carbonyl (C=O) groups is 1. The van der Waals surface area contributed by atoms with Gasteiger partial charge in [0.1, 0.15) is 0 Å². The number of ketones is 1. The van der Waals surface area contributed by atoms with Crippen LogP contribution in [-0.4, -0.2) is 5.78 Å². The summed E-state index contributed by atoms with van der Waals surface area (Å²) in [6.07, 6.45) is 0. The molecule has 0 aliphatic rings. The minimum Gasteiger partial charge on any atom is -0.288 e. The normalized spacial score (nSPS) is 10.6. The number of hydrogen-bond donors (Lipinski definition) is 0. The molecule has 0 amide bonds. The lowest BCUT2D eigenvalue weighted by Crippen LogP contribution is -2.09. The highest BCUT2D eigenvalue weighted by Gasteiger charge is 2.22. The lowest BCUT2D eigenvalue weighted by atomic mass is 9.98. The number of carbonyl (C=O) groups excluding carboxylic acids is 1. The standard InChI is InChI=1S/C14H8Cl2F2O/c1-7-8(3-2-4-9(7)15)14(19)12-10(16)5-6-11(17)13(12)18/h2-6H,1H3. The molecule has 0 atom stereocenters. The van der Waals surface area contributed by atoms with Crippen molar-refractivity contribution in [3.63, 3.8) is 0 Å². The van der Waals surface area contributed by atoms with Crippen molar-refractivity contribution >= 4 is 29.0 Å². The average Bonchev–Trinajstić information content (AvgIpc) is 2.37. The molecule has 0 N–H and O–H groups in total. The predicted octanol–water partition coefficient (Wildman–Crippen LogP) is 4.81. The molecule has 0 fully saturated rings. The zero-order valence-corrected chi connectivity index (χ0v) is 11.3. The Kier molecular flexibility index (Phi) is 3.88. The summed E-state index contributed by atoms with van der Waals surface area (Å²) in [5, 5.41) is 0.238. The third-order valence-electron chi connectivity index (χ3n) is 2.78. The van der Waals surface area contributed by atoms with Crippen LogP contribution >= 0.6 is 23.2 Å². The van der Waals surface area contributed by atoms with Gasteiger partial charge >= 0.3 is 0 Å². The molecule has 0 aromatic heterocycles. The molecular formula is C14H8Cl2F2O. The van der Waals surface area contributed by atoms with Crippen molar-refractivity contribution in [2.24, 2.45) is 0 Å². The number of halogens is 4. The highest BCUT2D eigenvalue weighted by atomic mass is 35.5. The van der Waals surface area contributed by atoms with Gasteiger partial charge in [-0.05, 0) is 30.7 Å². The van der Waals surface area contributed by atoms with Crippen molar-refractivity contribution in [3.05, 3.63) is 68.7 Å². The maximum Gasteiger partial charge on any atom is 0.197 e. The molecule has 98 valence electrons. The maximum absolute atomic E-state index is 13.7. The van der Waals surface area contributed by atoms with Crippen LogP contribution in [0.25, 0.3) is 0 Å². The fourth-order valence-corrected chi connectivity index (χ4v) is 2.13. The Bertz CT molecular complexity index is 669. The molecule has 0 spiro atoms. The summed E-state index contributed by atoms with van der Waals surface area (Å²) >= 11 is 11.7. The second-order valence-electron chi connectivity index (χ2n) is 3.96. The molecule has 1 nitrogen and oxygen atoms in total. The molecular weight excluding hydrogens is 293 g/mol. The van der Waals surface area contributed by atoms with E-state index in [1.807, 2.05) is 0 Å². The first-order valence-corrected chi connectivity index (χ1v) is 6.12. The van der Waals surface area contributed by atoms with Gasteiger partial charge in [-0.2, -0.15) is 0 Å². The number of benzene rings is 2. The molecule has 0 aliphatic carbocycles. The largest absolute Gasteiger partial charge is 0.288 e. The van der Waals surface area contributed by atoms with Gasteiger partial charge in [0, 0.05) is 10.6 Å². The maximum atomic E-state index is 13.7. The molecule has 0 bridgehead atoms. The van der Waals surface area contributed by atoms with Gasteiger partial charge in [-0.15, -0.1) is 0 Å². The van der Waals surface area contributed by atoms with Crippen molar-refractivity contribution < 1.29 is 13.6 Å². The smallest absolute Gasteiger partial charge is 0.197 e. The van der Waals surface area contributed by atoms with Gasteiger partial charge in [-0.25, -0.2) is 8.78 Å². The van der Waals surface area contributed by atoms with E-state index >= 15 is 0 Å². The van der Waals surface area contributed by atoms with E-state index in [4.69, 9.17) is 23.2 Å². The molecule has 0 unspecified atom stereocenters. The van der Waals surface area contributed by atoms with Crippen LogP contribution in [0.2, 0.25) is 10.0 Å². The Balaban J connectivity index is 2.63. The molecule has 2 aromatic rings. The first-order valence-electron chi connectivity index (χ1n) is 5.36. The Morgan fingerprint density at radius 1 is 1.05 bits per heavy atom. The number of rotatable bonds is 2. The Morgan fingerprint density at radius 2 is 1.74 bits per heavy atom. The van der Waals surface area contributed by atoms with Gasteiger partial charge in [0.15, 0.2) is 17.4 Å². The van der Waals surface area contributed by atoms with Crippen molar-refractivity contribution in [3.8, 4) is 0 Å². The molecule has 2 rings (SSSR count). The molecule has 0 saturated heterocycles. The van der Waals surface area contributed by atoms with Crippen LogP contribution in [0.4, 0.5) is 8.78 Å². The monoisotopic (exact) mass is 300 g/mol. The summed E-state index contributed by atoms with van der Waals surface area (Å²) in [6, 6.07) is 6.68. The summed E-state index contributed by atoms with van der Waals surface area (Å²) in [7, 11) is 0. The van der Waals surface area contributed by atoms with Crippen LogP contribution < -0.4 is 0 Å². The Hall–Kier alpha value is -1.45. The quantitative estimate of drug-likeness (QED) is 0.574. The molecule has 5 heteroatoms. The van der Waals surface area contributed by atoms with Crippen molar-refractivity contribution in [2.75, 3.05) is 0 Å². The molecule has 0 saturated carbocycles. The van der Waals surface area contributed by atoms with E-state index in [1.54, 1.807) is 19.1 Å². The van der Waals surface area contributed by atoms with Crippen LogP contribution in [-0.2, 0) is 0 Å². The van der Waals surface area contributed by atoms with Crippen LogP contribution in [0.15, 0.2) is 30.3 Å². The van der Waals surface area contributed by atoms with Gasteiger partial charge < -0.3 is 0 Å². The third kappa shape index (κ3) is 2.48. The van der Waals surface area contributed by atoms with Crippen LogP contribution in [0.1, 0.15) is 21.5 Å². The number of hydrogen-bond acceptors (Lipinski definition) is 1. The SMILES string of the molecule is Cc1c(Cl)cccc1C(=O)c1c(Cl)ccc(F)c1F. The van der Waals surface area contributed by atoms with E-state index in [2.05, 4.69) is 0 Å². The van der Waals surface area contributed by atoms with Gasteiger partial charge in [0.05, 0.1) is 10.6 Å². The van der Waals surface area contributed by atoms with E-state index in [1.165, 1.54) is 6.07 Å². The third-order valence-corrected chi connectivity index (χ3v) is 3.51. The molecule has 0 radical (unpaired) electrons. The molecule has 0 aliphatic heterocycles. The zero-order valence-electron chi connectivity index (χ0n) is 9.81. The fourth-order valence-electron chi connectivity index (χ4n) is 1.72. The molecule has 2 aromatic carbocycles. The lowest BCUT2D eigenvalue weighted by molar-refractivity contribution is 0.103.